The molecule has 1 aromatic carbocycles. The number of fused-ring (bicyclic) bond motifs is 1. The zero-order valence-corrected chi connectivity index (χ0v) is 12.0. The molecule has 0 aliphatic rings. The number of aliphatic imine (C=N–C) groups is 1. The molecule has 6 heteroatoms. The molecule has 1 N–H and O–H groups in total. The van der Waals surface area contributed by atoms with Gasteiger partial charge in [-0.3, -0.25) is 5.32 Å². The summed E-state index contributed by atoms with van der Waals surface area (Å²) in [6.07, 6.45) is 3.75. The van der Waals surface area contributed by atoms with Crippen LogP contribution in [0.15, 0.2) is 23.2 Å². The van der Waals surface area contributed by atoms with Gasteiger partial charge in [-0.2, -0.15) is 5.26 Å². The van der Waals surface area contributed by atoms with Crippen LogP contribution in [-0.2, 0) is 6.54 Å². The van der Waals surface area contributed by atoms with Crippen LogP contribution < -0.4 is 5.32 Å². The first kappa shape index (κ1) is 13.4. The number of hydrogen-bond acceptors (Lipinski definition) is 4. The van der Waals surface area contributed by atoms with E-state index in [1.165, 1.54) is 11.8 Å². The fourth-order valence-electron chi connectivity index (χ4n) is 2.00. The van der Waals surface area contributed by atoms with E-state index in [9.17, 15) is 0 Å². The molecule has 0 fully saturated rings. The van der Waals surface area contributed by atoms with Crippen molar-refractivity contribution in [1.82, 2.24) is 14.9 Å². The molecule has 1 heterocycles. The average molecular weight is 273 g/mol. The van der Waals surface area contributed by atoms with Crippen LogP contribution in [0.3, 0.4) is 0 Å². The smallest absolute Gasteiger partial charge is 0.183 e. The van der Waals surface area contributed by atoms with E-state index in [0.717, 1.165) is 29.1 Å². The second-order valence-electron chi connectivity index (χ2n) is 3.93. The topological polar surface area (TPSA) is 66.0 Å². The second-order valence-corrected chi connectivity index (χ2v) is 4.73. The van der Waals surface area contributed by atoms with Crippen molar-refractivity contribution in [3.05, 3.63) is 24.0 Å². The Balaban J connectivity index is 2.45. The van der Waals surface area contributed by atoms with Crippen LogP contribution in [-0.4, -0.2) is 21.0 Å². The van der Waals surface area contributed by atoms with E-state index in [4.69, 9.17) is 5.26 Å². The minimum absolute atomic E-state index is 0.577. The lowest BCUT2D eigenvalue weighted by molar-refractivity contribution is 0.753. The number of aryl methyl sites for hydroxylation is 2. The summed E-state index contributed by atoms with van der Waals surface area (Å²) >= 11 is 1.40. The van der Waals surface area contributed by atoms with Gasteiger partial charge in [0.15, 0.2) is 11.4 Å². The first-order chi connectivity index (χ1) is 9.19. The number of thioether (sulfide) groups is 1. The summed E-state index contributed by atoms with van der Waals surface area (Å²) in [5, 5.41) is 11.7. The Hall–Kier alpha value is -2.00. The molecule has 19 heavy (non-hydrogen) atoms. The van der Waals surface area contributed by atoms with Gasteiger partial charge in [-0.05, 0) is 38.3 Å². The summed E-state index contributed by atoms with van der Waals surface area (Å²) in [7, 11) is 0. The Morgan fingerprint density at radius 1 is 1.58 bits per heavy atom. The molecule has 0 spiro atoms. The van der Waals surface area contributed by atoms with Crippen LogP contribution in [0.1, 0.15) is 12.7 Å². The highest BCUT2D eigenvalue weighted by Crippen LogP contribution is 2.22. The van der Waals surface area contributed by atoms with Crippen molar-refractivity contribution in [1.29, 1.82) is 5.26 Å². The zero-order chi connectivity index (χ0) is 13.8. The van der Waals surface area contributed by atoms with Crippen molar-refractivity contribution in [2.75, 3.05) is 6.26 Å². The van der Waals surface area contributed by atoms with Crippen molar-refractivity contribution in [2.45, 2.75) is 20.4 Å². The standard InChI is InChI=1S/C13H15N5S/c1-4-18-9(2)16-11-7-10(5-6-12(11)18)17-13(19-3)15-8-14/h5-7H,4H2,1-3H3,(H,15,17). The van der Waals surface area contributed by atoms with Gasteiger partial charge >= 0.3 is 0 Å². The average Bonchev–Trinajstić information content (AvgIpc) is 2.72. The minimum Gasteiger partial charge on any atom is -0.329 e. The number of rotatable bonds is 2. The fraction of sp³-hybridized carbons (Fsp3) is 0.308. The quantitative estimate of drug-likeness (QED) is 0.395. The lowest BCUT2D eigenvalue weighted by Gasteiger charge is -2.02. The van der Waals surface area contributed by atoms with Crippen molar-refractivity contribution < 1.29 is 0 Å². The van der Waals surface area contributed by atoms with Crippen LogP contribution in [0, 0.1) is 18.4 Å². The zero-order valence-electron chi connectivity index (χ0n) is 11.1. The number of hydrogen-bond donors (Lipinski definition) is 1. The van der Waals surface area contributed by atoms with Crippen molar-refractivity contribution in [3.8, 4) is 6.19 Å². The third-order valence-corrected chi connectivity index (χ3v) is 3.41. The maximum atomic E-state index is 8.62. The molecule has 98 valence electrons. The van der Waals surface area contributed by atoms with Gasteiger partial charge in [0, 0.05) is 6.54 Å². The van der Waals surface area contributed by atoms with Crippen molar-refractivity contribution in [3.63, 3.8) is 0 Å². The van der Waals surface area contributed by atoms with Crippen LogP contribution in [0.5, 0.6) is 0 Å². The molecular weight excluding hydrogens is 258 g/mol. The number of nitriles is 1. The number of nitrogens with one attached hydrogen (secondary N) is 1. The van der Waals surface area contributed by atoms with Crippen LogP contribution in [0.4, 0.5) is 5.69 Å². The predicted octanol–water partition coefficient (Wildman–Crippen LogP) is 2.79. The molecule has 0 saturated heterocycles. The van der Waals surface area contributed by atoms with Gasteiger partial charge in [-0.15, -0.1) is 0 Å². The third kappa shape index (κ3) is 2.71. The Bertz CT molecular complexity index is 665. The van der Waals surface area contributed by atoms with E-state index in [1.54, 1.807) is 0 Å². The van der Waals surface area contributed by atoms with Crippen LogP contribution in [0.25, 0.3) is 11.0 Å². The Kier molecular flexibility index (Phi) is 4.07. The molecule has 0 aliphatic carbocycles. The monoisotopic (exact) mass is 273 g/mol. The van der Waals surface area contributed by atoms with Gasteiger partial charge < -0.3 is 4.57 Å². The Labute approximate surface area is 116 Å². The molecule has 0 amide bonds. The first-order valence-corrected chi connectivity index (χ1v) is 7.16. The van der Waals surface area contributed by atoms with E-state index >= 15 is 0 Å². The molecule has 1 aromatic heterocycles. The van der Waals surface area contributed by atoms with E-state index in [-0.39, 0.29) is 0 Å². The summed E-state index contributed by atoms with van der Waals surface area (Å²) in [6.45, 7) is 5.00. The minimum atomic E-state index is 0.577. The Morgan fingerprint density at radius 2 is 2.37 bits per heavy atom. The lowest BCUT2D eigenvalue weighted by Crippen LogP contribution is -2.12. The van der Waals surface area contributed by atoms with Crippen molar-refractivity contribution in [2.24, 2.45) is 4.99 Å². The van der Waals surface area contributed by atoms with Gasteiger partial charge in [0.2, 0.25) is 0 Å². The van der Waals surface area contributed by atoms with E-state index in [2.05, 4.69) is 26.8 Å². The molecule has 0 atom stereocenters. The SMILES string of the molecule is CCn1c(C)nc2cc(N=C(NC#N)SC)ccc21. The fourth-order valence-corrected chi connectivity index (χ4v) is 2.34. The molecular formula is C13H15N5S. The molecule has 0 bridgehead atoms. The second kappa shape index (κ2) is 5.76. The van der Waals surface area contributed by atoms with Gasteiger partial charge in [-0.25, -0.2) is 9.98 Å². The van der Waals surface area contributed by atoms with E-state index in [0.29, 0.717) is 5.17 Å². The van der Waals surface area contributed by atoms with E-state index in [1.807, 2.05) is 37.6 Å². The summed E-state index contributed by atoms with van der Waals surface area (Å²) in [4.78, 5) is 8.90. The Morgan fingerprint density at radius 3 is 3.00 bits per heavy atom. The highest BCUT2D eigenvalue weighted by atomic mass is 32.2. The molecule has 0 unspecified atom stereocenters. The summed E-state index contributed by atoms with van der Waals surface area (Å²) in [5.41, 5.74) is 2.83. The summed E-state index contributed by atoms with van der Waals surface area (Å²) in [5.74, 6) is 0.999. The predicted molar refractivity (Wildman–Crippen MR) is 79.5 cm³/mol. The number of aromatic nitrogens is 2. The normalized spacial score (nSPS) is 11.6. The molecule has 2 aromatic rings. The number of imidazole rings is 1. The highest BCUT2D eigenvalue weighted by Gasteiger charge is 2.06. The van der Waals surface area contributed by atoms with Gasteiger partial charge in [-0.1, -0.05) is 11.8 Å². The van der Waals surface area contributed by atoms with Gasteiger partial charge in [0.05, 0.1) is 16.7 Å². The molecule has 0 aliphatic heterocycles. The maximum Gasteiger partial charge on any atom is 0.183 e. The lowest BCUT2D eigenvalue weighted by atomic mass is 10.3. The third-order valence-electron chi connectivity index (χ3n) is 2.83. The number of nitrogens with zero attached hydrogens (tertiary/aromatic N) is 4. The van der Waals surface area contributed by atoms with Crippen LogP contribution in [0.2, 0.25) is 0 Å². The molecule has 2 rings (SSSR count). The van der Waals surface area contributed by atoms with Gasteiger partial charge in [0.25, 0.3) is 0 Å². The molecule has 5 nitrogen and oxygen atoms in total. The summed E-state index contributed by atoms with van der Waals surface area (Å²) in [6, 6.07) is 5.89. The van der Waals surface area contributed by atoms with Crippen LogP contribution >= 0.6 is 11.8 Å². The van der Waals surface area contributed by atoms with Crippen molar-refractivity contribution >= 4 is 33.7 Å². The molecule has 0 radical (unpaired) electrons. The number of amidine groups is 1. The first-order valence-electron chi connectivity index (χ1n) is 5.94. The van der Waals surface area contributed by atoms with E-state index < -0.39 is 0 Å². The largest absolute Gasteiger partial charge is 0.329 e. The molecule has 0 saturated carbocycles. The maximum absolute atomic E-state index is 8.62. The van der Waals surface area contributed by atoms with Gasteiger partial charge in [0.1, 0.15) is 5.82 Å². The highest BCUT2D eigenvalue weighted by molar-refractivity contribution is 8.13. The number of benzene rings is 1. The summed E-state index contributed by atoms with van der Waals surface area (Å²) < 4.78 is 2.16.